The van der Waals surface area contributed by atoms with Gasteiger partial charge in [-0.25, -0.2) is 4.79 Å². The number of carboxylic acids is 1. The number of nitrogens with one attached hydrogen (secondary N) is 3. The van der Waals surface area contributed by atoms with Gasteiger partial charge in [0.25, 0.3) is 0 Å². The first-order chi connectivity index (χ1) is 14.9. The normalized spacial score (nSPS) is 17.5. The fourth-order valence-corrected chi connectivity index (χ4v) is 3.80. The molecule has 31 heavy (non-hydrogen) atoms. The number of carbonyl (C=O) groups excluding carboxylic acids is 2. The van der Waals surface area contributed by atoms with E-state index in [9.17, 15) is 19.5 Å². The lowest BCUT2D eigenvalue weighted by atomic mass is 9.94. The minimum absolute atomic E-state index is 0.0244. The molecule has 1 aliphatic rings. The third kappa shape index (κ3) is 6.54. The van der Waals surface area contributed by atoms with Crippen LogP contribution in [0, 0.1) is 0 Å². The number of aliphatic carboxylic acids is 1. The van der Waals surface area contributed by atoms with Crippen molar-refractivity contribution in [1.82, 2.24) is 16.0 Å². The van der Waals surface area contributed by atoms with Crippen molar-refractivity contribution in [3.8, 4) is 0 Å². The van der Waals surface area contributed by atoms with Crippen molar-refractivity contribution in [2.75, 3.05) is 13.1 Å². The number of hydrogen-bond donors (Lipinski definition) is 4. The highest BCUT2D eigenvalue weighted by Gasteiger charge is 2.26. The zero-order chi connectivity index (χ0) is 22.2. The molecule has 1 aliphatic heterocycles. The summed E-state index contributed by atoms with van der Waals surface area (Å²) in [5.74, 6) is -1.97. The molecule has 0 saturated carbocycles. The van der Waals surface area contributed by atoms with Crippen molar-refractivity contribution in [1.29, 1.82) is 0 Å². The molecule has 0 spiro atoms. The molecular weight excluding hydrogens is 418 g/mol. The van der Waals surface area contributed by atoms with E-state index in [1.807, 2.05) is 12.1 Å². The molecule has 4 N–H and O–H groups in total. The number of rotatable bonds is 9. The van der Waals surface area contributed by atoms with Crippen LogP contribution >= 0.6 is 11.6 Å². The lowest BCUT2D eigenvalue weighted by molar-refractivity contribution is -0.142. The highest BCUT2D eigenvalue weighted by atomic mass is 35.5. The van der Waals surface area contributed by atoms with Gasteiger partial charge in [-0.05, 0) is 42.6 Å². The van der Waals surface area contributed by atoms with Gasteiger partial charge in [0.05, 0.1) is 6.04 Å². The first kappa shape index (κ1) is 22.8. The summed E-state index contributed by atoms with van der Waals surface area (Å²) in [6.07, 6.45) is 1.77. The number of amides is 2. The number of hydrogen-bond acceptors (Lipinski definition) is 4. The Bertz CT molecular complexity index is 899. The molecule has 164 valence electrons. The Morgan fingerprint density at radius 2 is 1.77 bits per heavy atom. The molecule has 7 nitrogen and oxygen atoms in total. The van der Waals surface area contributed by atoms with Crippen molar-refractivity contribution < 1.29 is 19.5 Å². The van der Waals surface area contributed by atoms with Gasteiger partial charge < -0.3 is 21.1 Å². The monoisotopic (exact) mass is 443 g/mol. The van der Waals surface area contributed by atoms with Crippen LogP contribution in [0.5, 0.6) is 0 Å². The summed E-state index contributed by atoms with van der Waals surface area (Å²) >= 11 is 5.98. The van der Waals surface area contributed by atoms with Crippen LogP contribution in [-0.4, -0.2) is 42.0 Å². The van der Waals surface area contributed by atoms with Crippen LogP contribution in [0.25, 0.3) is 0 Å². The fourth-order valence-electron chi connectivity index (χ4n) is 3.67. The third-order valence-corrected chi connectivity index (χ3v) is 5.61. The highest BCUT2D eigenvalue weighted by Crippen LogP contribution is 2.22. The van der Waals surface area contributed by atoms with E-state index in [1.54, 1.807) is 42.5 Å². The van der Waals surface area contributed by atoms with Gasteiger partial charge in [0.1, 0.15) is 0 Å². The molecule has 1 fully saturated rings. The average Bonchev–Trinajstić information content (AvgIpc) is 3.31. The second-order valence-electron chi connectivity index (χ2n) is 7.60. The van der Waals surface area contributed by atoms with Crippen LogP contribution in [0.15, 0.2) is 54.6 Å². The van der Waals surface area contributed by atoms with Crippen LogP contribution in [-0.2, 0) is 14.4 Å². The highest BCUT2D eigenvalue weighted by molar-refractivity contribution is 6.30. The first-order valence-electron chi connectivity index (χ1n) is 10.3. The molecule has 0 aromatic heterocycles. The number of halogens is 1. The standard InChI is InChI=1S/C23H26ClN3O4/c24-18-10-8-15(9-11-18)17(14-26-22(29)19-7-4-12-25-19)13-20(28)27-21(23(30)31)16-5-2-1-3-6-16/h1-3,5-6,8-11,17,19,21,25H,4,7,12-14H2,(H,26,29)(H,27,28)(H,30,31)/t17?,19-,21-/m0/s1. The summed E-state index contributed by atoms with van der Waals surface area (Å²) in [5, 5.41) is 18.8. The van der Waals surface area contributed by atoms with Crippen molar-refractivity contribution >= 4 is 29.4 Å². The summed E-state index contributed by atoms with van der Waals surface area (Å²) in [7, 11) is 0. The molecule has 1 saturated heterocycles. The molecular formula is C23H26ClN3O4. The van der Waals surface area contributed by atoms with E-state index in [0.717, 1.165) is 24.9 Å². The Hall–Kier alpha value is -2.90. The van der Waals surface area contributed by atoms with Crippen molar-refractivity contribution in [2.24, 2.45) is 0 Å². The lowest BCUT2D eigenvalue weighted by Gasteiger charge is -2.21. The van der Waals surface area contributed by atoms with E-state index in [0.29, 0.717) is 10.6 Å². The van der Waals surface area contributed by atoms with E-state index in [1.165, 1.54) is 0 Å². The lowest BCUT2D eigenvalue weighted by Crippen LogP contribution is -2.42. The summed E-state index contributed by atoms with van der Waals surface area (Å²) in [4.78, 5) is 36.9. The van der Waals surface area contributed by atoms with Gasteiger partial charge in [-0.2, -0.15) is 0 Å². The van der Waals surface area contributed by atoms with E-state index in [-0.39, 0.29) is 30.8 Å². The summed E-state index contributed by atoms with van der Waals surface area (Å²) < 4.78 is 0. The molecule has 3 atom stereocenters. The fraction of sp³-hybridized carbons (Fsp3) is 0.348. The molecule has 0 aliphatic carbocycles. The molecule has 2 amide bonds. The Morgan fingerprint density at radius 1 is 1.06 bits per heavy atom. The third-order valence-electron chi connectivity index (χ3n) is 5.36. The van der Waals surface area contributed by atoms with Crippen LogP contribution in [0.3, 0.4) is 0 Å². The Labute approximate surface area is 186 Å². The molecule has 2 aromatic rings. The zero-order valence-electron chi connectivity index (χ0n) is 17.0. The van der Waals surface area contributed by atoms with Gasteiger partial charge >= 0.3 is 5.97 Å². The van der Waals surface area contributed by atoms with Crippen molar-refractivity contribution in [3.05, 3.63) is 70.7 Å². The van der Waals surface area contributed by atoms with E-state index in [4.69, 9.17) is 11.6 Å². The molecule has 0 bridgehead atoms. The van der Waals surface area contributed by atoms with E-state index in [2.05, 4.69) is 16.0 Å². The van der Waals surface area contributed by atoms with Gasteiger partial charge in [0.15, 0.2) is 6.04 Å². The van der Waals surface area contributed by atoms with Gasteiger partial charge in [0, 0.05) is 23.9 Å². The second-order valence-corrected chi connectivity index (χ2v) is 8.03. The average molecular weight is 444 g/mol. The van der Waals surface area contributed by atoms with E-state index >= 15 is 0 Å². The molecule has 3 rings (SSSR count). The van der Waals surface area contributed by atoms with Gasteiger partial charge in [-0.3, -0.25) is 9.59 Å². The minimum Gasteiger partial charge on any atom is -0.479 e. The number of carbonyl (C=O) groups is 3. The topological polar surface area (TPSA) is 108 Å². The largest absolute Gasteiger partial charge is 0.479 e. The Balaban J connectivity index is 1.69. The smallest absolute Gasteiger partial charge is 0.330 e. The predicted octanol–water partition coefficient (Wildman–Crippen LogP) is 2.62. The second kappa shape index (κ2) is 10.9. The summed E-state index contributed by atoms with van der Waals surface area (Å²) in [6.45, 7) is 1.08. The van der Waals surface area contributed by atoms with Crippen LogP contribution < -0.4 is 16.0 Å². The van der Waals surface area contributed by atoms with Gasteiger partial charge in [-0.15, -0.1) is 0 Å². The maximum Gasteiger partial charge on any atom is 0.330 e. The zero-order valence-corrected chi connectivity index (χ0v) is 17.8. The summed E-state index contributed by atoms with van der Waals surface area (Å²) in [6, 6.07) is 14.3. The number of benzene rings is 2. The minimum atomic E-state index is -1.14. The molecule has 8 heteroatoms. The Morgan fingerprint density at radius 3 is 2.39 bits per heavy atom. The SMILES string of the molecule is O=C(CC(CNC(=O)[C@@H]1CCCN1)c1ccc(Cl)cc1)N[C@H](C(=O)O)c1ccccc1. The molecule has 1 heterocycles. The predicted molar refractivity (Wildman–Crippen MR) is 118 cm³/mol. The maximum atomic E-state index is 12.8. The molecule has 2 aromatic carbocycles. The Kier molecular flexibility index (Phi) is 8.03. The van der Waals surface area contributed by atoms with Crippen LogP contribution in [0.4, 0.5) is 0 Å². The quantitative estimate of drug-likeness (QED) is 0.476. The first-order valence-corrected chi connectivity index (χ1v) is 10.7. The van der Waals surface area contributed by atoms with Crippen LogP contribution in [0.1, 0.15) is 42.3 Å². The van der Waals surface area contributed by atoms with Gasteiger partial charge in [0.2, 0.25) is 11.8 Å². The van der Waals surface area contributed by atoms with Crippen LogP contribution in [0.2, 0.25) is 5.02 Å². The maximum absolute atomic E-state index is 12.8. The van der Waals surface area contributed by atoms with Gasteiger partial charge in [-0.1, -0.05) is 54.1 Å². The molecule has 0 radical (unpaired) electrons. The summed E-state index contributed by atoms with van der Waals surface area (Å²) in [5.41, 5.74) is 1.33. The molecule has 1 unspecified atom stereocenters. The van der Waals surface area contributed by atoms with Crippen molar-refractivity contribution in [2.45, 2.75) is 37.3 Å². The number of carboxylic acid groups (broad SMARTS) is 1. The van der Waals surface area contributed by atoms with Crippen molar-refractivity contribution in [3.63, 3.8) is 0 Å². The van der Waals surface area contributed by atoms with E-state index < -0.39 is 17.9 Å².